The minimum Gasteiger partial charge on any atom is -0.324 e. The SMILES string of the molecule is Cc1nc(SCC(=O)N2c3ccccc3NC(=O)C[C@H]2C)n(CC(C)C)c1C. The lowest BCUT2D eigenvalue weighted by atomic mass is 10.2. The molecule has 150 valence electrons. The number of aromatic nitrogens is 2. The van der Waals surface area contributed by atoms with Crippen LogP contribution in [0, 0.1) is 19.8 Å². The number of aryl methyl sites for hydroxylation is 1. The van der Waals surface area contributed by atoms with Crippen LogP contribution in [-0.2, 0) is 16.1 Å². The molecule has 2 amide bonds. The third-order valence-corrected chi connectivity index (χ3v) is 5.88. The molecule has 1 atom stereocenters. The Morgan fingerprint density at radius 2 is 2.04 bits per heavy atom. The van der Waals surface area contributed by atoms with E-state index in [4.69, 9.17) is 0 Å². The van der Waals surface area contributed by atoms with Crippen molar-refractivity contribution in [3.63, 3.8) is 0 Å². The van der Waals surface area contributed by atoms with Crippen molar-refractivity contribution in [1.82, 2.24) is 9.55 Å². The summed E-state index contributed by atoms with van der Waals surface area (Å²) >= 11 is 1.47. The van der Waals surface area contributed by atoms with Crippen LogP contribution in [0.25, 0.3) is 0 Å². The number of anilines is 2. The zero-order valence-corrected chi connectivity index (χ0v) is 18.0. The summed E-state index contributed by atoms with van der Waals surface area (Å²) in [7, 11) is 0. The Morgan fingerprint density at radius 3 is 2.75 bits per heavy atom. The molecule has 0 spiro atoms. The van der Waals surface area contributed by atoms with Gasteiger partial charge in [-0.2, -0.15) is 0 Å². The van der Waals surface area contributed by atoms with E-state index < -0.39 is 0 Å². The van der Waals surface area contributed by atoms with E-state index in [1.807, 2.05) is 38.1 Å². The van der Waals surface area contributed by atoms with Crippen LogP contribution in [0.4, 0.5) is 11.4 Å². The fourth-order valence-corrected chi connectivity index (χ4v) is 4.44. The van der Waals surface area contributed by atoms with Crippen LogP contribution >= 0.6 is 11.8 Å². The van der Waals surface area contributed by atoms with Gasteiger partial charge in [0, 0.05) is 24.7 Å². The van der Waals surface area contributed by atoms with Gasteiger partial charge in [-0.15, -0.1) is 0 Å². The van der Waals surface area contributed by atoms with Gasteiger partial charge in [0.15, 0.2) is 5.16 Å². The second-order valence-electron chi connectivity index (χ2n) is 7.74. The van der Waals surface area contributed by atoms with Gasteiger partial charge in [0.25, 0.3) is 0 Å². The summed E-state index contributed by atoms with van der Waals surface area (Å²) in [5, 5.41) is 3.77. The van der Waals surface area contributed by atoms with Crippen LogP contribution in [0.3, 0.4) is 0 Å². The summed E-state index contributed by atoms with van der Waals surface area (Å²) in [5.41, 5.74) is 3.58. The van der Waals surface area contributed by atoms with E-state index in [1.165, 1.54) is 11.8 Å². The first-order valence-corrected chi connectivity index (χ1v) is 10.6. The molecule has 0 unspecified atom stereocenters. The average molecular weight is 401 g/mol. The maximum atomic E-state index is 13.2. The van der Waals surface area contributed by atoms with E-state index in [2.05, 4.69) is 35.6 Å². The van der Waals surface area contributed by atoms with E-state index >= 15 is 0 Å². The molecular formula is C21H28N4O2S. The molecule has 1 aliphatic heterocycles. The van der Waals surface area contributed by atoms with Crippen molar-refractivity contribution in [2.45, 2.75) is 58.8 Å². The molecule has 0 radical (unpaired) electrons. The van der Waals surface area contributed by atoms with Crippen molar-refractivity contribution in [3.05, 3.63) is 35.7 Å². The highest BCUT2D eigenvalue weighted by molar-refractivity contribution is 7.99. The number of carbonyl (C=O) groups is 2. The van der Waals surface area contributed by atoms with Crippen molar-refractivity contribution < 1.29 is 9.59 Å². The van der Waals surface area contributed by atoms with Crippen LogP contribution in [0.1, 0.15) is 38.6 Å². The Morgan fingerprint density at radius 1 is 1.32 bits per heavy atom. The van der Waals surface area contributed by atoms with Crippen molar-refractivity contribution in [3.8, 4) is 0 Å². The molecule has 28 heavy (non-hydrogen) atoms. The second-order valence-corrected chi connectivity index (χ2v) is 8.68. The molecule has 1 N–H and O–H groups in total. The number of hydrogen-bond donors (Lipinski definition) is 1. The number of amides is 2. The third-order valence-electron chi connectivity index (χ3n) is 4.92. The van der Waals surface area contributed by atoms with Gasteiger partial charge in [0.1, 0.15) is 0 Å². The molecule has 6 nitrogen and oxygen atoms in total. The largest absolute Gasteiger partial charge is 0.324 e. The number of fused-ring (bicyclic) bond motifs is 1. The molecule has 0 bridgehead atoms. The number of nitrogens with one attached hydrogen (secondary N) is 1. The highest BCUT2D eigenvalue weighted by atomic mass is 32.2. The predicted octanol–water partition coefficient (Wildman–Crippen LogP) is 4.01. The van der Waals surface area contributed by atoms with E-state index in [0.717, 1.165) is 28.8 Å². The Hall–Kier alpha value is -2.28. The molecule has 1 aliphatic rings. The molecule has 7 heteroatoms. The first-order chi connectivity index (χ1) is 13.3. The Kier molecular flexibility index (Phi) is 6.13. The quantitative estimate of drug-likeness (QED) is 0.770. The monoisotopic (exact) mass is 400 g/mol. The molecule has 0 saturated heterocycles. The summed E-state index contributed by atoms with van der Waals surface area (Å²) < 4.78 is 2.20. The van der Waals surface area contributed by atoms with Crippen LogP contribution in [-0.4, -0.2) is 33.2 Å². The lowest BCUT2D eigenvalue weighted by Gasteiger charge is -2.27. The first kappa shape index (κ1) is 20.5. The van der Waals surface area contributed by atoms with E-state index in [9.17, 15) is 9.59 Å². The number of rotatable bonds is 5. The smallest absolute Gasteiger partial charge is 0.237 e. The minimum atomic E-state index is -0.198. The summed E-state index contributed by atoms with van der Waals surface area (Å²) in [6, 6.07) is 7.27. The number of hydrogen-bond acceptors (Lipinski definition) is 4. The van der Waals surface area contributed by atoms with Gasteiger partial charge in [-0.25, -0.2) is 4.98 Å². The molecule has 1 aromatic heterocycles. The van der Waals surface area contributed by atoms with Crippen LogP contribution in [0.15, 0.2) is 29.4 Å². The van der Waals surface area contributed by atoms with Crippen molar-refractivity contribution >= 4 is 35.0 Å². The highest BCUT2D eigenvalue weighted by Crippen LogP contribution is 2.32. The number of carbonyl (C=O) groups excluding carboxylic acids is 2. The summed E-state index contributed by atoms with van der Waals surface area (Å²) in [6.07, 6.45) is 0.283. The number of benzene rings is 1. The molecule has 0 aliphatic carbocycles. The highest BCUT2D eigenvalue weighted by Gasteiger charge is 2.29. The summed E-state index contributed by atoms with van der Waals surface area (Å²) in [4.78, 5) is 31.7. The van der Waals surface area contributed by atoms with Crippen LogP contribution in [0.2, 0.25) is 0 Å². The standard InChI is InChI=1S/C21H28N4O2S/c1-13(2)11-24-16(5)15(4)22-21(24)28-12-20(27)25-14(3)10-19(26)23-17-8-6-7-9-18(17)25/h6-9,13-14H,10-12H2,1-5H3,(H,23,26)/t14-/m1/s1. The number of para-hydroxylation sites is 2. The number of imidazole rings is 1. The van der Waals surface area contributed by atoms with Crippen molar-refractivity contribution in [1.29, 1.82) is 0 Å². The molecule has 2 heterocycles. The second kappa shape index (κ2) is 8.39. The average Bonchev–Trinajstić information content (AvgIpc) is 2.80. The van der Waals surface area contributed by atoms with Gasteiger partial charge in [0.2, 0.25) is 11.8 Å². The van der Waals surface area contributed by atoms with Gasteiger partial charge in [0.05, 0.1) is 22.8 Å². The maximum absolute atomic E-state index is 13.2. The zero-order valence-electron chi connectivity index (χ0n) is 17.2. The van der Waals surface area contributed by atoms with Gasteiger partial charge < -0.3 is 14.8 Å². The topological polar surface area (TPSA) is 67.2 Å². The Balaban J connectivity index is 1.82. The van der Waals surface area contributed by atoms with Crippen LogP contribution in [0.5, 0.6) is 0 Å². The van der Waals surface area contributed by atoms with Crippen LogP contribution < -0.4 is 10.2 Å². The molecule has 1 aromatic carbocycles. The van der Waals surface area contributed by atoms with Gasteiger partial charge in [-0.05, 0) is 38.8 Å². The summed E-state index contributed by atoms with van der Waals surface area (Å²) in [6.45, 7) is 11.2. The lowest BCUT2D eigenvalue weighted by Crippen LogP contribution is -2.40. The fourth-order valence-electron chi connectivity index (χ4n) is 3.48. The maximum Gasteiger partial charge on any atom is 0.237 e. The predicted molar refractivity (Wildman–Crippen MR) is 114 cm³/mol. The third kappa shape index (κ3) is 4.24. The molecule has 3 rings (SSSR count). The molecule has 2 aromatic rings. The normalized spacial score (nSPS) is 16.7. The summed E-state index contributed by atoms with van der Waals surface area (Å²) in [5.74, 6) is 0.690. The van der Waals surface area contributed by atoms with E-state index in [1.54, 1.807) is 4.90 Å². The molecule has 0 saturated carbocycles. The lowest BCUT2D eigenvalue weighted by molar-refractivity contribution is -0.117. The van der Waals surface area contributed by atoms with Gasteiger partial charge in [-0.1, -0.05) is 37.7 Å². The minimum absolute atomic E-state index is 0.0177. The van der Waals surface area contributed by atoms with Gasteiger partial charge in [-0.3, -0.25) is 9.59 Å². The Bertz CT molecular complexity index is 891. The molecule has 0 fully saturated rings. The van der Waals surface area contributed by atoms with Crippen molar-refractivity contribution in [2.75, 3.05) is 16.0 Å². The van der Waals surface area contributed by atoms with E-state index in [0.29, 0.717) is 11.6 Å². The van der Waals surface area contributed by atoms with Crippen molar-refractivity contribution in [2.24, 2.45) is 5.92 Å². The van der Waals surface area contributed by atoms with Gasteiger partial charge >= 0.3 is 0 Å². The zero-order chi connectivity index (χ0) is 20.4. The number of thioether (sulfide) groups is 1. The number of nitrogens with zero attached hydrogens (tertiary/aromatic N) is 3. The molecular weight excluding hydrogens is 372 g/mol. The van der Waals surface area contributed by atoms with E-state index in [-0.39, 0.29) is 30.0 Å². The Labute approximate surface area is 170 Å². The first-order valence-electron chi connectivity index (χ1n) is 9.65. The fraction of sp³-hybridized carbons (Fsp3) is 0.476.